The van der Waals surface area contributed by atoms with Gasteiger partial charge in [0.1, 0.15) is 12.6 Å². The maximum Gasteiger partial charge on any atom is 0.407 e. The Morgan fingerprint density at radius 3 is 2.26 bits per heavy atom. The average Bonchev–Trinajstić information content (AvgIpc) is 3.17. The second-order valence-electron chi connectivity index (χ2n) is 7.92. The number of ether oxygens (including phenoxy) is 1. The van der Waals surface area contributed by atoms with E-state index in [0.29, 0.717) is 9.26 Å². The van der Waals surface area contributed by atoms with Crippen molar-refractivity contribution in [3.8, 4) is 23.5 Å². The van der Waals surface area contributed by atoms with Gasteiger partial charge in [0, 0.05) is 15.9 Å². The van der Waals surface area contributed by atoms with Gasteiger partial charge in [-0.25, -0.2) is 9.59 Å². The number of nitrogens with one attached hydrogen (secondary N) is 2. The highest BCUT2D eigenvalue weighted by Gasteiger charge is 2.29. The lowest BCUT2D eigenvalue weighted by molar-refractivity contribution is -0.118. The van der Waals surface area contributed by atoms with E-state index in [1.165, 1.54) is 12.1 Å². The number of rotatable bonds is 7. The highest BCUT2D eigenvalue weighted by Crippen LogP contribution is 2.44. The van der Waals surface area contributed by atoms with Gasteiger partial charge < -0.3 is 20.5 Å². The molecular formula is C27H21IN2O5. The zero-order valence-electron chi connectivity index (χ0n) is 18.5. The number of halogens is 1. The molecular weight excluding hydrogens is 559 g/mol. The van der Waals surface area contributed by atoms with Crippen LogP contribution in [-0.2, 0) is 9.53 Å². The topological polar surface area (TPSA) is 105 Å². The number of aromatic carboxylic acids is 1. The van der Waals surface area contributed by atoms with Crippen molar-refractivity contribution in [2.75, 3.05) is 11.9 Å². The number of anilines is 1. The predicted molar refractivity (Wildman–Crippen MR) is 140 cm³/mol. The summed E-state index contributed by atoms with van der Waals surface area (Å²) in [5.74, 6) is 0.574. The molecule has 176 valence electrons. The monoisotopic (exact) mass is 580 g/mol. The number of alkyl carbamates (subject to hydrolysis) is 1. The normalized spacial score (nSPS) is 12.6. The third-order valence-electron chi connectivity index (χ3n) is 5.75. The van der Waals surface area contributed by atoms with Gasteiger partial charge in [-0.2, -0.15) is 0 Å². The molecule has 1 unspecified atom stereocenters. The van der Waals surface area contributed by atoms with Gasteiger partial charge in [-0.05, 0) is 63.0 Å². The van der Waals surface area contributed by atoms with Gasteiger partial charge in [0.25, 0.3) is 0 Å². The van der Waals surface area contributed by atoms with E-state index in [0.717, 1.165) is 22.3 Å². The second-order valence-corrected chi connectivity index (χ2v) is 9.08. The summed E-state index contributed by atoms with van der Waals surface area (Å²) in [6.45, 7) is 0.100. The average molecular weight is 580 g/mol. The maximum atomic E-state index is 12.8. The summed E-state index contributed by atoms with van der Waals surface area (Å²) in [5, 5.41) is 14.4. The third-order valence-corrected chi connectivity index (χ3v) is 6.69. The van der Waals surface area contributed by atoms with Crippen LogP contribution in [0.4, 0.5) is 10.5 Å². The molecule has 3 N–H and O–H groups in total. The Kier molecular flexibility index (Phi) is 7.36. The molecule has 0 aliphatic heterocycles. The predicted octanol–water partition coefficient (Wildman–Crippen LogP) is 4.86. The van der Waals surface area contributed by atoms with Crippen molar-refractivity contribution in [2.45, 2.75) is 18.4 Å². The molecule has 0 fully saturated rings. The molecule has 8 heteroatoms. The quantitative estimate of drug-likeness (QED) is 0.274. The van der Waals surface area contributed by atoms with Gasteiger partial charge in [-0.15, -0.1) is 12.3 Å². The fourth-order valence-corrected chi connectivity index (χ4v) is 4.55. The van der Waals surface area contributed by atoms with Crippen LogP contribution < -0.4 is 10.6 Å². The Hall–Kier alpha value is -3.84. The van der Waals surface area contributed by atoms with Crippen molar-refractivity contribution < 1.29 is 24.2 Å². The first-order valence-corrected chi connectivity index (χ1v) is 11.9. The molecule has 7 nitrogen and oxygen atoms in total. The number of hydrogen-bond acceptors (Lipinski definition) is 4. The molecule has 0 heterocycles. The molecule has 0 saturated heterocycles. The number of terminal acetylenes is 1. The van der Waals surface area contributed by atoms with Gasteiger partial charge >= 0.3 is 12.1 Å². The third kappa shape index (κ3) is 5.30. The molecule has 0 saturated carbocycles. The molecule has 0 aromatic heterocycles. The SMILES string of the molecule is C#CCC(NC(=O)OCC1c2ccccc2-c2ccccc21)C(=O)Nc1cc(C(=O)O)ccc1I. The number of carboxylic acids is 1. The molecule has 0 radical (unpaired) electrons. The van der Waals surface area contributed by atoms with Crippen LogP contribution in [0, 0.1) is 15.9 Å². The van der Waals surface area contributed by atoms with Crippen LogP contribution in [0.5, 0.6) is 0 Å². The Morgan fingerprint density at radius 1 is 1.03 bits per heavy atom. The van der Waals surface area contributed by atoms with Crippen LogP contribution in [-0.4, -0.2) is 35.7 Å². The van der Waals surface area contributed by atoms with Crippen molar-refractivity contribution in [2.24, 2.45) is 0 Å². The minimum Gasteiger partial charge on any atom is -0.478 e. The zero-order valence-corrected chi connectivity index (χ0v) is 20.6. The zero-order chi connectivity index (χ0) is 24.9. The van der Waals surface area contributed by atoms with Crippen LogP contribution in [0.1, 0.15) is 33.8 Å². The van der Waals surface area contributed by atoms with Crippen molar-refractivity contribution in [3.05, 3.63) is 87.0 Å². The summed E-state index contributed by atoms with van der Waals surface area (Å²) in [5.41, 5.74) is 4.71. The molecule has 35 heavy (non-hydrogen) atoms. The number of carboxylic acid groups (broad SMARTS) is 1. The fourth-order valence-electron chi connectivity index (χ4n) is 4.08. The second kappa shape index (κ2) is 10.6. The van der Waals surface area contributed by atoms with E-state index in [2.05, 4.69) is 16.6 Å². The number of carbonyl (C=O) groups is 3. The number of carbonyl (C=O) groups excluding carboxylic acids is 2. The van der Waals surface area contributed by atoms with Crippen LogP contribution in [0.3, 0.4) is 0 Å². The minimum atomic E-state index is -1.12. The summed E-state index contributed by atoms with van der Waals surface area (Å²) in [6.07, 6.45) is 4.58. The van der Waals surface area contributed by atoms with Crippen molar-refractivity contribution in [3.63, 3.8) is 0 Å². The van der Waals surface area contributed by atoms with Crippen LogP contribution in [0.15, 0.2) is 66.7 Å². The fraction of sp³-hybridized carbons (Fsp3) is 0.148. The van der Waals surface area contributed by atoms with E-state index >= 15 is 0 Å². The summed E-state index contributed by atoms with van der Waals surface area (Å²) in [4.78, 5) is 36.7. The maximum absolute atomic E-state index is 12.8. The summed E-state index contributed by atoms with van der Waals surface area (Å²) < 4.78 is 6.15. The molecule has 4 rings (SSSR count). The lowest BCUT2D eigenvalue weighted by Gasteiger charge is -2.19. The van der Waals surface area contributed by atoms with Gasteiger partial charge in [0.05, 0.1) is 11.3 Å². The van der Waals surface area contributed by atoms with E-state index in [1.54, 1.807) is 6.07 Å². The van der Waals surface area contributed by atoms with Crippen LogP contribution >= 0.6 is 22.6 Å². The Morgan fingerprint density at radius 2 is 1.66 bits per heavy atom. The molecule has 2 amide bonds. The standard InChI is InChI=1S/C27H21IN2O5/c1-2-7-23(25(31)29-24-14-16(26(32)33)12-13-22(24)28)30-27(34)35-15-21-19-10-5-3-8-17(19)18-9-4-6-11-20(18)21/h1,3-6,8-14,21,23H,7,15H2,(H,29,31)(H,30,34)(H,32,33). The van der Waals surface area contributed by atoms with E-state index in [-0.39, 0.29) is 24.5 Å². The smallest absolute Gasteiger partial charge is 0.407 e. The Balaban J connectivity index is 1.43. The highest BCUT2D eigenvalue weighted by molar-refractivity contribution is 14.1. The first-order valence-electron chi connectivity index (χ1n) is 10.8. The minimum absolute atomic E-state index is 0.0266. The van der Waals surface area contributed by atoms with E-state index in [9.17, 15) is 19.5 Å². The molecule has 0 spiro atoms. The van der Waals surface area contributed by atoms with Crippen molar-refractivity contribution in [1.29, 1.82) is 0 Å². The molecule has 1 atom stereocenters. The largest absolute Gasteiger partial charge is 0.478 e. The molecule has 0 bridgehead atoms. The Labute approximate surface area is 216 Å². The summed E-state index contributed by atoms with van der Waals surface area (Å²) >= 11 is 1.98. The molecule has 3 aromatic carbocycles. The number of amides is 2. The molecule has 1 aliphatic carbocycles. The van der Waals surface area contributed by atoms with E-state index in [4.69, 9.17) is 11.2 Å². The first-order chi connectivity index (χ1) is 16.9. The lowest BCUT2D eigenvalue weighted by atomic mass is 9.98. The molecule has 1 aliphatic rings. The number of hydrogen-bond donors (Lipinski definition) is 3. The first kappa shape index (κ1) is 24.3. The highest BCUT2D eigenvalue weighted by atomic mass is 127. The Bertz CT molecular complexity index is 1300. The molecule has 3 aromatic rings. The van der Waals surface area contributed by atoms with Gasteiger partial charge in [-0.1, -0.05) is 48.5 Å². The number of fused-ring (bicyclic) bond motifs is 3. The van der Waals surface area contributed by atoms with Crippen molar-refractivity contribution >= 4 is 46.2 Å². The number of benzene rings is 3. The summed E-state index contributed by atoms with van der Waals surface area (Å²) in [6, 6.07) is 19.3. The van der Waals surface area contributed by atoms with Crippen LogP contribution in [0.25, 0.3) is 11.1 Å². The summed E-state index contributed by atoms with van der Waals surface area (Å²) in [7, 11) is 0. The van der Waals surface area contributed by atoms with Gasteiger partial charge in [-0.3, -0.25) is 4.79 Å². The van der Waals surface area contributed by atoms with Crippen molar-refractivity contribution in [1.82, 2.24) is 5.32 Å². The lowest BCUT2D eigenvalue weighted by Crippen LogP contribution is -2.44. The van der Waals surface area contributed by atoms with Crippen LogP contribution in [0.2, 0.25) is 0 Å². The van der Waals surface area contributed by atoms with E-state index in [1.807, 2.05) is 71.1 Å². The van der Waals surface area contributed by atoms with E-state index < -0.39 is 24.0 Å². The van der Waals surface area contributed by atoms with Gasteiger partial charge in [0.2, 0.25) is 5.91 Å². The van der Waals surface area contributed by atoms with Gasteiger partial charge in [0.15, 0.2) is 0 Å².